The Labute approximate surface area is 121 Å². The van der Waals surface area contributed by atoms with Crippen LogP contribution < -0.4 is 9.64 Å². The third kappa shape index (κ3) is 3.56. The SMILES string of the molecule is COc1cccc(N(C)CC(=O)c2ccc(F)c(F)c2)c1. The first-order chi connectivity index (χ1) is 10.0. The van der Waals surface area contributed by atoms with Crippen LogP contribution in [0.3, 0.4) is 0 Å². The molecule has 110 valence electrons. The molecule has 2 aromatic rings. The van der Waals surface area contributed by atoms with Gasteiger partial charge in [-0.3, -0.25) is 4.79 Å². The molecule has 0 radical (unpaired) electrons. The Morgan fingerprint density at radius 1 is 1.14 bits per heavy atom. The molecule has 0 fully saturated rings. The number of hydrogen-bond acceptors (Lipinski definition) is 3. The molecule has 2 rings (SSSR count). The minimum atomic E-state index is -1.02. The Bertz CT molecular complexity index is 658. The van der Waals surface area contributed by atoms with Crippen LogP contribution in [0.2, 0.25) is 0 Å². The van der Waals surface area contributed by atoms with Gasteiger partial charge in [-0.1, -0.05) is 6.07 Å². The quantitative estimate of drug-likeness (QED) is 0.792. The molecule has 0 bridgehead atoms. The molecule has 0 aromatic heterocycles. The van der Waals surface area contributed by atoms with Gasteiger partial charge in [0.25, 0.3) is 0 Å². The summed E-state index contributed by atoms with van der Waals surface area (Å²) in [6.45, 7) is 0.0538. The van der Waals surface area contributed by atoms with Crippen molar-refractivity contribution in [2.75, 3.05) is 25.6 Å². The number of carbonyl (C=O) groups is 1. The van der Waals surface area contributed by atoms with E-state index in [0.29, 0.717) is 5.75 Å². The van der Waals surface area contributed by atoms with Gasteiger partial charge in [-0.15, -0.1) is 0 Å². The highest BCUT2D eigenvalue weighted by Crippen LogP contribution is 2.20. The fourth-order valence-electron chi connectivity index (χ4n) is 1.92. The standard InChI is InChI=1S/C16H15F2NO2/c1-19(12-4-3-5-13(9-12)21-2)10-16(20)11-6-7-14(17)15(18)8-11/h3-9H,10H2,1-2H3. The number of methoxy groups -OCH3 is 1. The Morgan fingerprint density at radius 2 is 1.90 bits per heavy atom. The van der Waals surface area contributed by atoms with Gasteiger partial charge in [-0.25, -0.2) is 8.78 Å². The number of anilines is 1. The van der Waals surface area contributed by atoms with Crippen LogP contribution in [-0.4, -0.2) is 26.5 Å². The molecule has 5 heteroatoms. The first-order valence-electron chi connectivity index (χ1n) is 6.34. The fraction of sp³-hybridized carbons (Fsp3) is 0.188. The van der Waals surface area contributed by atoms with Gasteiger partial charge in [0.1, 0.15) is 5.75 Å². The summed E-state index contributed by atoms with van der Waals surface area (Å²) in [5.74, 6) is -1.60. The molecule has 0 aliphatic heterocycles. The number of carbonyl (C=O) groups excluding carboxylic acids is 1. The third-order valence-corrected chi connectivity index (χ3v) is 3.12. The van der Waals surface area contributed by atoms with Crippen molar-refractivity contribution in [1.29, 1.82) is 0 Å². The Morgan fingerprint density at radius 3 is 2.57 bits per heavy atom. The molecule has 0 unspecified atom stereocenters. The predicted octanol–water partition coefficient (Wildman–Crippen LogP) is 3.29. The van der Waals surface area contributed by atoms with E-state index in [4.69, 9.17) is 4.74 Å². The lowest BCUT2D eigenvalue weighted by atomic mass is 10.1. The van der Waals surface area contributed by atoms with Gasteiger partial charge in [0, 0.05) is 24.4 Å². The molecule has 0 saturated carbocycles. The van der Waals surface area contributed by atoms with Crippen LogP contribution in [0.15, 0.2) is 42.5 Å². The minimum absolute atomic E-state index is 0.0538. The number of hydrogen-bond donors (Lipinski definition) is 0. The highest BCUT2D eigenvalue weighted by Gasteiger charge is 2.13. The van der Waals surface area contributed by atoms with Crippen molar-refractivity contribution < 1.29 is 18.3 Å². The molecular formula is C16H15F2NO2. The van der Waals surface area contributed by atoms with Gasteiger partial charge in [0.05, 0.1) is 13.7 Å². The summed E-state index contributed by atoms with van der Waals surface area (Å²) in [7, 11) is 3.30. The van der Waals surface area contributed by atoms with E-state index in [9.17, 15) is 13.6 Å². The van der Waals surface area contributed by atoms with Gasteiger partial charge < -0.3 is 9.64 Å². The Hall–Kier alpha value is -2.43. The molecule has 0 aliphatic rings. The number of rotatable bonds is 5. The molecule has 3 nitrogen and oxygen atoms in total. The second kappa shape index (κ2) is 6.35. The Kier molecular flexibility index (Phi) is 4.52. The zero-order valence-corrected chi connectivity index (χ0v) is 11.8. The average molecular weight is 291 g/mol. The molecule has 2 aromatic carbocycles. The van der Waals surface area contributed by atoms with Gasteiger partial charge in [-0.2, -0.15) is 0 Å². The fourth-order valence-corrected chi connectivity index (χ4v) is 1.92. The van der Waals surface area contributed by atoms with Gasteiger partial charge in [0.2, 0.25) is 0 Å². The largest absolute Gasteiger partial charge is 0.497 e. The van der Waals surface area contributed by atoms with Crippen molar-refractivity contribution >= 4 is 11.5 Å². The molecule has 0 atom stereocenters. The van der Waals surface area contributed by atoms with E-state index < -0.39 is 11.6 Å². The third-order valence-electron chi connectivity index (χ3n) is 3.12. The van der Waals surface area contributed by atoms with Crippen molar-refractivity contribution in [3.63, 3.8) is 0 Å². The molecule has 0 N–H and O–H groups in total. The lowest BCUT2D eigenvalue weighted by molar-refractivity contribution is 0.1000. The highest BCUT2D eigenvalue weighted by molar-refractivity contribution is 5.99. The number of Topliss-reactive ketones (excluding diaryl/α,β-unsaturated/α-hetero) is 1. The molecule has 21 heavy (non-hydrogen) atoms. The zero-order chi connectivity index (χ0) is 15.4. The van der Waals surface area contributed by atoms with Crippen molar-refractivity contribution in [2.24, 2.45) is 0 Å². The van der Waals surface area contributed by atoms with Gasteiger partial charge >= 0.3 is 0 Å². The van der Waals surface area contributed by atoms with Crippen molar-refractivity contribution in [2.45, 2.75) is 0 Å². The predicted molar refractivity (Wildman–Crippen MR) is 77.0 cm³/mol. The second-order valence-corrected chi connectivity index (χ2v) is 4.61. The molecular weight excluding hydrogens is 276 g/mol. The van der Waals surface area contributed by atoms with Crippen LogP contribution in [0.25, 0.3) is 0 Å². The summed E-state index contributed by atoms with van der Waals surface area (Å²) < 4.78 is 31.1. The molecule has 0 spiro atoms. The number of halogens is 2. The van der Waals surface area contributed by atoms with Crippen molar-refractivity contribution in [1.82, 2.24) is 0 Å². The maximum Gasteiger partial charge on any atom is 0.182 e. The molecule has 0 amide bonds. The number of nitrogens with zero attached hydrogens (tertiary/aromatic N) is 1. The van der Waals surface area contributed by atoms with E-state index in [1.807, 2.05) is 12.1 Å². The number of ether oxygens (including phenoxy) is 1. The van der Waals surface area contributed by atoms with Crippen LogP contribution in [0.1, 0.15) is 10.4 Å². The van der Waals surface area contributed by atoms with Crippen molar-refractivity contribution in [3.05, 3.63) is 59.7 Å². The van der Waals surface area contributed by atoms with Crippen molar-refractivity contribution in [3.8, 4) is 5.75 Å². The molecule has 0 heterocycles. The van der Waals surface area contributed by atoms with Gasteiger partial charge in [-0.05, 0) is 30.3 Å². The summed E-state index contributed by atoms with van der Waals surface area (Å²) in [5.41, 5.74) is 0.939. The van der Waals surface area contributed by atoms with E-state index in [-0.39, 0.29) is 17.9 Å². The van der Waals surface area contributed by atoms with E-state index in [1.165, 1.54) is 6.07 Å². The van der Waals surface area contributed by atoms with E-state index >= 15 is 0 Å². The zero-order valence-electron chi connectivity index (χ0n) is 11.8. The maximum absolute atomic E-state index is 13.1. The summed E-state index contributed by atoms with van der Waals surface area (Å²) in [6.07, 6.45) is 0. The van der Waals surface area contributed by atoms with E-state index in [0.717, 1.165) is 17.8 Å². The first-order valence-corrected chi connectivity index (χ1v) is 6.34. The summed E-state index contributed by atoms with van der Waals surface area (Å²) in [6, 6.07) is 10.4. The summed E-state index contributed by atoms with van der Waals surface area (Å²) >= 11 is 0. The summed E-state index contributed by atoms with van der Waals surface area (Å²) in [5, 5.41) is 0. The average Bonchev–Trinajstić information content (AvgIpc) is 2.49. The molecule has 0 aliphatic carbocycles. The smallest absolute Gasteiger partial charge is 0.182 e. The van der Waals surface area contributed by atoms with E-state index in [1.54, 1.807) is 31.2 Å². The first kappa shape index (κ1) is 15.0. The second-order valence-electron chi connectivity index (χ2n) is 4.61. The van der Waals surface area contributed by atoms with Crippen LogP contribution in [-0.2, 0) is 0 Å². The van der Waals surface area contributed by atoms with Crippen LogP contribution in [0, 0.1) is 11.6 Å². The number of benzene rings is 2. The van der Waals surface area contributed by atoms with Gasteiger partial charge in [0.15, 0.2) is 17.4 Å². The van der Waals surface area contributed by atoms with E-state index in [2.05, 4.69) is 0 Å². The van der Waals surface area contributed by atoms with Crippen LogP contribution >= 0.6 is 0 Å². The monoisotopic (exact) mass is 291 g/mol. The number of likely N-dealkylation sites (N-methyl/N-ethyl adjacent to an activating group) is 1. The van der Waals surface area contributed by atoms with Crippen LogP contribution in [0.5, 0.6) is 5.75 Å². The highest BCUT2D eigenvalue weighted by atomic mass is 19.2. The lowest BCUT2D eigenvalue weighted by Gasteiger charge is -2.19. The normalized spacial score (nSPS) is 10.3. The lowest BCUT2D eigenvalue weighted by Crippen LogP contribution is -2.25. The number of ketones is 1. The topological polar surface area (TPSA) is 29.5 Å². The Balaban J connectivity index is 2.12. The minimum Gasteiger partial charge on any atom is -0.497 e. The maximum atomic E-state index is 13.1. The summed E-state index contributed by atoms with van der Waals surface area (Å²) in [4.78, 5) is 13.8. The molecule has 0 saturated heterocycles. The van der Waals surface area contributed by atoms with Crippen LogP contribution in [0.4, 0.5) is 14.5 Å².